The number of amides is 1. The van der Waals surface area contributed by atoms with Crippen molar-refractivity contribution in [1.29, 1.82) is 0 Å². The summed E-state index contributed by atoms with van der Waals surface area (Å²) in [5, 5.41) is 7.42. The predicted molar refractivity (Wildman–Crippen MR) is 76.9 cm³/mol. The number of carbonyl (C=O) groups excluding carboxylic acids is 1. The van der Waals surface area contributed by atoms with Gasteiger partial charge in [0.05, 0.1) is 17.7 Å². The normalized spacial score (nSPS) is 11.7. The Bertz CT molecular complexity index is 438. The van der Waals surface area contributed by atoms with E-state index in [1.807, 2.05) is 25.6 Å². The smallest absolute Gasteiger partial charge is 0.225 e. The van der Waals surface area contributed by atoms with Crippen molar-refractivity contribution in [2.45, 2.75) is 52.5 Å². The zero-order chi connectivity index (χ0) is 14.6. The van der Waals surface area contributed by atoms with Crippen LogP contribution in [0.3, 0.4) is 0 Å². The van der Waals surface area contributed by atoms with E-state index in [0.29, 0.717) is 13.0 Å². The van der Waals surface area contributed by atoms with Crippen LogP contribution in [0.2, 0.25) is 0 Å². The van der Waals surface area contributed by atoms with Gasteiger partial charge in [-0.25, -0.2) is 0 Å². The lowest BCUT2D eigenvalue weighted by Gasteiger charge is -2.31. The van der Waals surface area contributed by atoms with E-state index >= 15 is 0 Å². The van der Waals surface area contributed by atoms with Crippen LogP contribution in [0.15, 0.2) is 0 Å². The zero-order valence-corrected chi connectivity index (χ0v) is 12.7. The summed E-state index contributed by atoms with van der Waals surface area (Å²) in [5.74, 6) is 0.0216. The van der Waals surface area contributed by atoms with Crippen LogP contribution in [0.1, 0.15) is 43.6 Å². The van der Waals surface area contributed by atoms with Gasteiger partial charge in [-0.2, -0.15) is 5.10 Å². The molecule has 1 aromatic rings. The lowest BCUT2D eigenvalue weighted by molar-refractivity contribution is -0.122. The number of aromatic nitrogens is 2. The SMILES string of the molecule is CCC(CC)(CN)NC(=O)Cc1c(C)nn(C)c1C. The lowest BCUT2D eigenvalue weighted by atomic mass is 9.92. The van der Waals surface area contributed by atoms with Crippen LogP contribution < -0.4 is 11.1 Å². The van der Waals surface area contributed by atoms with Gasteiger partial charge in [0.1, 0.15) is 0 Å². The molecule has 108 valence electrons. The fraction of sp³-hybridized carbons (Fsp3) is 0.714. The summed E-state index contributed by atoms with van der Waals surface area (Å²) < 4.78 is 1.81. The third-order valence-electron chi connectivity index (χ3n) is 4.15. The van der Waals surface area contributed by atoms with Crippen molar-refractivity contribution >= 4 is 5.91 Å². The Morgan fingerprint density at radius 3 is 2.32 bits per heavy atom. The van der Waals surface area contributed by atoms with Crippen LogP contribution in [0.25, 0.3) is 0 Å². The predicted octanol–water partition coefficient (Wildman–Crippen LogP) is 1.21. The Kier molecular flexibility index (Phi) is 5.11. The molecular formula is C14H26N4O. The van der Waals surface area contributed by atoms with Gasteiger partial charge >= 0.3 is 0 Å². The van der Waals surface area contributed by atoms with Gasteiger partial charge in [0.25, 0.3) is 0 Å². The van der Waals surface area contributed by atoms with Gasteiger partial charge in [0.15, 0.2) is 0 Å². The van der Waals surface area contributed by atoms with Crippen LogP contribution in [0.5, 0.6) is 0 Å². The number of nitrogens with one attached hydrogen (secondary N) is 1. The van der Waals surface area contributed by atoms with E-state index < -0.39 is 0 Å². The molecule has 0 bridgehead atoms. The molecule has 0 saturated carbocycles. The summed E-state index contributed by atoms with van der Waals surface area (Å²) in [6.45, 7) is 8.50. The van der Waals surface area contributed by atoms with Crippen molar-refractivity contribution in [3.63, 3.8) is 0 Å². The summed E-state index contributed by atoms with van der Waals surface area (Å²) in [6.07, 6.45) is 2.06. The molecule has 5 nitrogen and oxygen atoms in total. The Morgan fingerprint density at radius 2 is 1.95 bits per heavy atom. The van der Waals surface area contributed by atoms with Gasteiger partial charge in [-0.1, -0.05) is 13.8 Å². The number of carbonyl (C=O) groups is 1. The van der Waals surface area contributed by atoms with E-state index in [1.54, 1.807) is 0 Å². The molecule has 19 heavy (non-hydrogen) atoms. The summed E-state index contributed by atoms with van der Waals surface area (Å²) in [4.78, 5) is 12.2. The molecule has 0 atom stereocenters. The first-order valence-electron chi connectivity index (χ1n) is 6.89. The molecule has 5 heteroatoms. The third-order valence-corrected chi connectivity index (χ3v) is 4.15. The maximum absolute atomic E-state index is 12.2. The minimum atomic E-state index is -0.277. The molecule has 1 heterocycles. The highest BCUT2D eigenvalue weighted by Gasteiger charge is 2.26. The van der Waals surface area contributed by atoms with Crippen LogP contribution >= 0.6 is 0 Å². The van der Waals surface area contributed by atoms with E-state index in [-0.39, 0.29) is 11.4 Å². The van der Waals surface area contributed by atoms with Crippen molar-refractivity contribution in [3.8, 4) is 0 Å². The van der Waals surface area contributed by atoms with E-state index in [9.17, 15) is 4.79 Å². The molecule has 0 radical (unpaired) electrons. The lowest BCUT2D eigenvalue weighted by Crippen LogP contribution is -2.53. The average molecular weight is 266 g/mol. The monoisotopic (exact) mass is 266 g/mol. The molecule has 3 N–H and O–H groups in total. The Labute approximate surface area is 115 Å². The summed E-state index contributed by atoms with van der Waals surface area (Å²) in [7, 11) is 1.89. The highest BCUT2D eigenvalue weighted by Crippen LogP contribution is 2.16. The first-order chi connectivity index (χ1) is 8.89. The number of hydrogen-bond donors (Lipinski definition) is 2. The van der Waals surface area contributed by atoms with Crippen LogP contribution in [0.4, 0.5) is 0 Å². The van der Waals surface area contributed by atoms with Crippen LogP contribution in [-0.2, 0) is 18.3 Å². The molecular weight excluding hydrogens is 240 g/mol. The maximum atomic E-state index is 12.2. The number of nitrogens with two attached hydrogens (primary N) is 1. The fourth-order valence-corrected chi connectivity index (χ4v) is 2.34. The van der Waals surface area contributed by atoms with E-state index in [4.69, 9.17) is 5.73 Å². The minimum Gasteiger partial charge on any atom is -0.349 e. The molecule has 1 aromatic heterocycles. The van der Waals surface area contributed by atoms with E-state index in [0.717, 1.165) is 29.8 Å². The van der Waals surface area contributed by atoms with E-state index in [2.05, 4.69) is 24.3 Å². The molecule has 1 amide bonds. The van der Waals surface area contributed by atoms with Crippen molar-refractivity contribution in [2.75, 3.05) is 6.54 Å². The van der Waals surface area contributed by atoms with Crippen molar-refractivity contribution < 1.29 is 4.79 Å². The first-order valence-corrected chi connectivity index (χ1v) is 6.89. The van der Waals surface area contributed by atoms with Gasteiger partial charge in [-0.15, -0.1) is 0 Å². The highest BCUT2D eigenvalue weighted by atomic mass is 16.1. The quantitative estimate of drug-likeness (QED) is 0.813. The van der Waals surface area contributed by atoms with Crippen LogP contribution in [-0.4, -0.2) is 27.8 Å². The summed E-state index contributed by atoms with van der Waals surface area (Å²) in [6, 6.07) is 0. The first kappa shape index (κ1) is 15.7. The maximum Gasteiger partial charge on any atom is 0.225 e. The molecule has 0 spiro atoms. The molecule has 0 aliphatic rings. The molecule has 0 aliphatic carbocycles. The minimum absolute atomic E-state index is 0.0216. The van der Waals surface area contributed by atoms with Gasteiger partial charge in [-0.05, 0) is 26.7 Å². The second-order valence-corrected chi connectivity index (χ2v) is 5.19. The van der Waals surface area contributed by atoms with Crippen molar-refractivity contribution in [3.05, 3.63) is 17.0 Å². The number of aryl methyl sites for hydroxylation is 2. The summed E-state index contributed by atoms with van der Waals surface area (Å²) >= 11 is 0. The van der Waals surface area contributed by atoms with Gasteiger partial charge in [-0.3, -0.25) is 9.48 Å². The number of nitrogens with zero attached hydrogens (tertiary/aromatic N) is 2. The molecule has 0 saturated heterocycles. The second kappa shape index (κ2) is 6.19. The fourth-order valence-electron chi connectivity index (χ4n) is 2.34. The summed E-state index contributed by atoms with van der Waals surface area (Å²) in [5.41, 5.74) is 8.50. The molecule has 0 aliphatic heterocycles. The van der Waals surface area contributed by atoms with Crippen LogP contribution in [0, 0.1) is 13.8 Å². The van der Waals surface area contributed by atoms with Crippen molar-refractivity contribution in [1.82, 2.24) is 15.1 Å². The second-order valence-electron chi connectivity index (χ2n) is 5.19. The highest BCUT2D eigenvalue weighted by molar-refractivity contribution is 5.80. The van der Waals surface area contributed by atoms with E-state index in [1.165, 1.54) is 0 Å². The average Bonchev–Trinajstić information content (AvgIpc) is 2.63. The standard InChI is InChI=1S/C14H26N4O/c1-6-14(7-2,9-15)16-13(19)8-12-10(3)17-18(5)11(12)4/h6-9,15H2,1-5H3,(H,16,19). The molecule has 1 rings (SSSR count). The largest absolute Gasteiger partial charge is 0.349 e. The topological polar surface area (TPSA) is 72.9 Å². The molecule has 0 aromatic carbocycles. The molecule has 0 unspecified atom stereocenters. The molecule has 0 fully saturated rings. The van der Waals surface area contributed by atoms with Gasteiger partial charge in [0, 0.05) is 24.8 Å². The Hall–Kier alpha value is -1.36. The van der Waals surface area contributed by atoms with Gasteiger partial charge in [0.2, 0.25) is 5.91 Å². The van der Waals surface area contributed by atoms with Gasteiger partial charge < -0.3 is 11.1 Å². The zero-order valence-electron chi connectivity index (χ0n) is 12.7. The van der Waals surface area contributed by atoms with Crippen molar-refractivity contribution in [2.24, 2.45) is 12.8 Å². The Morgan fingerprint density at radius 1 is 1.37 bits per heavy atom. The Balaban J connectivity index is 2.80. The number of rotatable bonds is 6. The third kappa shape index (κ3) is 3.35. The number of hydrogen-bond acceptors (Lipinski definition) is 3.